The van der Waals surface area contributed by atoms with Crippen LogP contribution >= 0.6 is 11.6 Å². The van der Waals surface area contributed by atoms with Crippen molar-refractivity contribution >= 4 is 40.9 Å². The lowest BCUT2D eigenvalue weighted by Gasteiger charge is -2.17. The number of aliphatic carboxylic acids is 1. The van der Waals surface area contributed by atoms with Crippen LogP contribution < -0.4 is 15.5 Å². The number of rotatable bonds is 4. The number of benzene rings is 2. The van der Waals surface area contributed by atoms with Crippen molar-refractivity contribution in [1.29, 1.82) is 0 Å². The standard InChI is InChI=1S/C18H16ClN3O4/c19-11-6-8-12(9-7-11)20-18(26)21-15-14(17(24)25)10-22(16(15)23)13-4-2-1-3-5-13/h1-9,14-15H,10H2,(H,24,25)(H2,20,21,26)/t14-,15+/m1/s1. The predicted octanol–water partition coefficient (Wildman–Crippen LogP) is 2.58. The van der Waals surface area contributed by atoms with Crippen LogP contribution in [0.2, 0.25) is 5.02 Å². The highest BCUT2D eigenvalue weighted by Gasteiger charge is 2.45. The molecule has 0 unspecified atom stereocenters. The molecule has 0 aliphatic carbocycles. The summed E-state index contributed by atoms with van der Waals surface area (Å²) in [6.07, 6.45) is 0. The number of halogens is 1. The second-order valence-corrected chi connectivity index (χ2v) is 6.25. The normalized spacial score (nSPS) is 19.3. The maximum Gasteiger partial charge on any atom is 0.319 e. The summed E-state index contributed by atoms with van der Waals surface area (Å²) in [5, 5.41) is 15.0. The van der Waals surface area contributed by atoms with E-state index < -0.39 is 29.9 Å². The van der Waals surface area contributed by atoms with E-state index in [2.05, 4.69) is 10.6 Å². The molecule has 26 heavy (non-hydrogen) atoms. The average Bonchev–Trinajstić information content (AvgIpc) is 2.95. The topological polar surface area (TPSA) is 98.7 Å². The fraction of sp³-hybridized carbons (Fsp3) is 0.167. The summed E-state index contributed by atoms with van der Waals surface area (Å²) >= 11 is 5.79. The first-order valence-electron chi connectivity index (χ1n) is 7.88. The summed E-state index contributed by atoms with van der Waals surface area (Å²) in [6, 6.07) is 13.3. The highest BCUT2D eigenvalue weighted by atomic mass is 35.5. The smallest absolute Gasteiger partial charge is 0.319 e. The van der Waals surface area contributed by atoms with Gasteiger partial charge in [-0.1, -0.05) is 29.8 Å². The number of hydrogen-bond donors (Lipinski definition) is 3. The molecule has 8 heteroatoms. The van der Waals surface area contributed by atoms with Gasteiger partial charge in [-0.2, -0.15) is 0 Å². The lowest BCUT2D eigenvalue weighted by Crippen LogP contribution is -2.47. The van der Waals surface area contributed by atoms with Crippen molar-refractivity contribution in [3.05, 3.63) is 59.6 Å². The maximum absolute atomic E-state index is 12.7. The number of nitrogens with zero attached hydrogens (tertiary/aromatic N) is 1. The van der Waals surface area contributed by atoms with Crippen molar-refractivity contribution < 1.29 is 19.5 Å². The molecule has 3 rings (SSSR count). The third kappa shape index (κ3) is 3.78. The van der Waals surface area contributed by atoms with Gasteiger partial charge in [-0.05, 0) is 36.4 Å². The summed E-state index contributed by atoms with van der Waals surface area (Å²) < 4.78 is 0. The minimum Gasteiger partial charge on any atom is -0.481 e. The fourth-order valence-corrected chi connectivity index (χ4v) is 2.92. The molecule has 3 N–H and O–H groups in total. The van der Waals surface area contributed by atoms with E-state index in [0.717, 1.165) is 0 Å². The minimum atomic E-state index is -1.15. The zero-order valence-corrected chi connectivity index (χ0v) is 14.3. The third-order valence-corrected chi connectivity index (χ3v) is 4.34. The Morgan fingerprint density at radius 3 is 2.35 bits per heavy atom. The van der Waals surface area contributed by atoms with Gasteiger partial charge in [0.05, 0.1) is 0 Å². The van der Waals surface area contributed by atoms with Gasteiger partial charge in [0.15, 0.2) is 0 Å². The van der Waals surface area contributed by atoms with Crippen molar-refractivity contribution in [1.82, 2.24) is 5.32 Å². The molecule has 1 saturated heterocycles. The molecule has 2 atom stereocenters. The molecule has 2 aromatic carbocycles. The second kappa shape index (κ2) is 7.45. The van der Waals surface area contributed by atoms with Gasteiger partial charge < -0.3 is 20.6 Å². The van der Waals surface area contributed by atoms with E-state index in [0.29, 0.717) is 16.4 Å². The first-order valence-corrected chi connectivity index (χ1v) is 8.26. The van der Waals surface area contributed by atoms with Crippen molar-refractivity contribution in [2.75, 3.05) is 16.8 Å². The molecule has 0 aromatic heterocycles. The van der Waals surface area contributed by atoms with Crippen LogP contribution in [0.5, 0.6) is 0 Å². The van der Waals surface area contributed by atoms with Crippen molar-refractivity contribution in [2.45, 2.75) is 6.04 Å². The fourth-order valence-electron chi connectivity index (χ4n) is 2.80. The molecular formula is C18H16ClN3O4. The predicted molar refractivity (Wildman–Crippen MR) is 97.3 cm³/mol. The number of carboxylic acid groups (broad SMARTS) is 1. The number of carbonyl (C=O) groups is 3. The number of para-hydroxylation sites is 1. The molecule has 0 spiro atoms. The van der Waals surface area contributed by atoms with Crippen molar-refractivity contribution in [3.63, 3.8) is 0 Å². The quantitative estimate of drug-likeness (QED) is 0.767. The van der Waals surface area contributed by atoms with Crippen LogP contribution in [0.3, 0.4) is 0 Å². The second-order valence-electron chi connectivity index (χ2n) is 5.81. The molecule has 7 nitrogen and oxygen atoms in total. The minimum absolute atomic E-state index is 0.00985. The zero-order chi connectivity index (χ0) is 18.7. The number of carbonyl (C=O) groups excluding carboxylic acids is 2. The third-order valence-electron chi connectivity index (χ3n) is 4.09. The number of hydrogen-bond acceptors (Lipinski definition) is 3. The van der Waals surface area contributed by atoms with E-state index in [-0.39, 0.29) is 6.54 Å². The van der Waals surface area contributed by atoms with Crippen LogP contribution in [0, 0.1) is 5.92 Å². The van der Waals surface area contributed by atoms with E-state index in [1.54, 1.807) is 54.6 Å². The van der Waals surface area contributed by atoms with E-state index in [1.165, 1.54) is 4.90 Å². The summed E-state index contributed by atoms with van der Waals surface area (Å²) in [5.74, 6) is -2.65. The summed E-state index contributed by atoms with van der Waals surface area (Å²) in [7, 11) is 0. The van der Waals surface area contributed by atoms with Crippen molar-refractivity contribution in [2.24, 2.45) is 5.92 Å². The number of carboxylic acids is 1. The van der Waals surface area contributed by atoms with Gasteiger partial charge in [-0.15, -0.1) is 0 Å². The lowest BCUT2D eigenvalue weighted by atomic mass is 10.0. The largest absolute Gasteiger partial charge is 0.481 e. The first-order chi connectivity index (χ1) is 12.5. The van der Waals surface area contributed by atoms with Gasteiger partial charge in [0.25, 0.3) is 5.91 Å². The van der Waals surface area contributed by atoms with E-state index in [4.69, 9.17) is 11.6 Å². The number of anilines is 2. The maximum atomic E-state index is 12.7. The van der Waals surface area contributed by atoms with E-state index in [9.17, 15) is 19.5 Å². The average molecular weight is 374 g/mol. The Kier molecular flexibility index (Phi) is 5.09. The Labute approximate surface area is 154 Å². The summed E-state index contributed by atoms with van der Waals surface area (Å²) in [4.78, 5) is 37.8. The highest BCUT2D eigenvalue weighted by molar-refractivity contribution is 6.30. The van der Waals surface area contributed by atoms with Gasteiger partial charge in [-0.25, -0.2) is 4.79 Å². The first kappa shape index (κ1) is 17.8. The van der Waals surface area contributed by atoms with Gasteiger partial charge in [0.2, 0.25) is 0 Å². The van der Waals surface area contributed by atoms with E-state index in [1.807, 2.05) is 0 Å². The van der Waals surface area contributed by atoms with Gasteiger partial charge >= 0.3 is 12.0 Å². The SMILES string of the molecule is O=C(Nc1ccc(Cl)cc1)N[C@@H]1C(=O)N(c2ccccc2)C[C@H]1C(=O)O. The zero-order valence-electron chi connectivity index (χ0n) is 13.6. The van der Waals surface area contributed by atoms with Crippen LogP contribution in [-0.2, 0) is 9.59 Å². The molecule has 3 amide bonds. The molecule has 134 valence electrons. The Balaban J connectivity index is 1.74. The molecule has 0 saturated carbocycles. The highest BCUT2D eigenvalue weighted by Crippen LogP contribution is 2.25. The van der Waals surface area contributed by atoms with Crippen LogP contribution in [-0.4, -0.2) is 35.6 Å². The van der Waals surface area contributed by atoms with Crippen LogP contribution in [0.25, 0.3) is 0 Å². The Hall–Kier alpha value is -3.06. The molecule has 1 aliphatic heterocycles. The van der Waals surface area contributed by atoms with E-state index >= 15 is 0 Å². The van der Waals surface area contributed by atoms with Crippen LogP contribution in [0.1, 0.15) is 0 Å². The summed E-state index contributed by atoms with van der Waals surface area (Å²) in [5.41, 5.74) is 1.07. The summed E-state index contributed by atoms with van der Waals surface area (Å²) in [6.45, 7) is -0.00985. The molecule has 0 bridgehead atoms. The Morgan fingerprint density at radius 2 is 1.73 bits per heavy atom. The van der Waals surface area contributed by atoms with Crippen LogP contribution in [0.4, 0.5) is 16.2 Å². The molecule has 1 heterocycles. The van der Waals surface area contributed by atoms with Crippen LogP contribution in [0.15, 0.2) is 54.6 Å². The van der Waals surface area contributed by atoms with Gasteiger partial charge in [0, 0.05) is 22.9 Å². The molecule has 2 aromatic rings. The number of nitrogens with one attached hydrogen (secondary N) is 2. The Bertz CT molecular complexity index is 826. The van der Waals surface area contributed by atoms with Gasteiger partial charge in [-0.3, -0.25) is 9.59 Å². The Morgan fingerprint density at radius 1 is 1.08 bits per heavy atom. The molecule has 0 radical (unpaired) electrons. The number of amides is 3. The van der Waals surface area contributed by atoms with Gasteiger partial charge in [0.1, 0.15) is 12.0 Å². The monoisotopic (exact) mass is 373 g/mol. The van der Waals surface area contributed by atoms with Crippen molar-refractivity contribution in [3.8, 4) is 0 Å². The molecule has 1 fully saturated rings. The lowest BCUT2D eigenvalue weighted by molar-refractivity contribution is -0.142. The molecular weight excluding hydrogens is 358 g/mol. The molecule has 1 aliphatic rings. The number of urea groups is 1.